The van der Waals surface area contributed by atoms with E-state index in [9.17, 15) is 10.1 Å². The Hall–Kier alpha value is -1.36. The van der Waals surface area contributed by atoms with E-state index in [4.69, 9.17) is 11.6 Å². The Morgan fingerprint density at radius 1 is 1.44 bits per heavy atom. The van der Waals surface area contributed by atoms with Gasteiger partial charge in [-0.25, -0.2) is 4.98 Å². The Morgan fingerprint density at radius 3 is 2.78 bits per heavy atom. The fraction of sp³-hybridized carbons (Fsp3) is 0.583. The van der Waals surface area contributed by atoms with Crippen LogP contribution in [0.15, 0.2) is 12.1 Å². The first-order valence-electron chi connectivity index (χ1n) is 6.05. The van der Waals surface area contributed by atoms with E-state index < -0.39 is 4.92 Å². The molecule has 0 fully saturated rings. The number of pyridine rings is 1. The van der Waals surface area contributed by atoms with Gasteiger partial charge in [-0.3, -0.25) is 10.1 Å². The van der Waals surface area contributed by atoms with Gasteiger partial charge in [0.05, 0.1) is 17.1 Å². The first-order valence-corrected chi connectivity index (χ1v) is 6.42. The van der Waals surface area contributed by atoms with Crippen molar-refractivity contribution >= 4 is 23.1 Å². The zero-order chi connectivity index (χ0) is 13.5. The quantitative estimate of drug-likeness (QED) is 0.354. The zero-order valence-electron chi connectivity index (χ0n) is 10.6. The van der Waals surface area contributed by atoms with Crippen molar-refractivity contribution in [1.29, 1.82) is 0 Å². The molecule has 5 nitrogen and oxygen atoms in total. The Balaban J connectivity index is 2.44. The summed E-state index contributed by atoms with van der Waals surface area (Å²) in [7, 11) is 0. The van der Waals surface area contributed by atoms with Crippen molar-refractivity contribution in [2.24, 2.45) is 5.92 Å². The summed E-state index contributed by atoms with van der Waals surface area (Å²) in [6.45, 7) is 5.13. The first-order chi connectivity index (χ1) is 8.49. The predicted molar refractivity (Wildman–Crippen MR) is 73.1 cm³/mol. The van der Waals surface area contributed by atoms with Crippen molar-refractivity contribution in [3.8, 4) is 0 Å². The second-order valence-corrected chi connectivity index (χ2v) is 4.99. The molecule has 0 aliphatic rings. The van der Waals surface area contributed by atoms with Crippen LogP contribution in [0.1, 0.15) is 33.1 Å². The molecule has 0 saturated carbocycles. The smallest absolute Gasteiger partial charge is 0.276 e. The number of hydrogen-bond donors (Lipinski definition) is 1. The van der Waals surface area contributed by atoms with Crippen LogP contribution < -0.4 is 5.32 Å². The molecule has 0 unspecified atom stereocenters. The summed E-state index contributed by atoms with van der Waals surface area (Å²) in [6, 6.07) is 2.64. The van der Waals surface area contributed by atoms with Crippen molar-refractivity contribution < 1.29 is 4.92 Å². The lowest BCUT2D eigenvalue weighted by molar-refractivity contribution is -0.384. The molecule has 0 radical (unpaired) electrons. The Morgan fingerprint density at radius 2 is 2.17 bits per heavy atom. The minimum absolute atomic E-state index is 0.0420. The van der Waals surface area contributed by atoms with Crippen molar-refractivity contribution in [1.82, 2.24) is 4.98 Å². The molecule has 0 aliphatic carbocycles. The van der Waals surface area contributed by atoms with Gasteiger partial charge in [0, 0.05) is 6.54 Å². The highest BCUT2D eigenvalue weighted by molar-refractivity contribution is 6.29. The van der Waals surface area contributed by atoms with Crippen LogP contribution in [0.2, 0.25) is 5.15 Å². The molecule has 6 heteroatoms. The van der Waals surface area contributed by atoms with Crippen molar-refractivity contribution in [2.75, 3.05) is 11.9 Å². The molecule has 0 bridgehead atoms. The fourth-order valence-electron chi connectivity index (χ4n) is 1.57. The van der Waals surface area contributed by atoms with Crippen LogP contribution in [0.3, 0.4) is 0 Å². The number of anilines is 1. The Bertz CT molecular complexity index is 410. The highest BCUT2D eigenvalue weighted by Crippen LogP contribution is 2.20. The molecule has 0 spiro atoms. The van der Waals surface area contributed by atoms with Crippen LogP contribution in [-0.4, -0.2) is 16.5 Å². The normalized spacial score (nSPS) is 10.7. The van der Waals surface area contributed by atoms with E-state index >= 15 is 0 Å². The summed E-state index contributed by atoms with van der Waals surface area (Å²) in [5, 5.41) is 13.8. The number of nitrogens with zero attached hydrogens (tertiary/aromatic N) is 2. The predicted octanol–water partition coefficient (Wildman–Crippen LogP) is 3.88. The zero-order valence-corrected chi connectivity index (χ0v) is 11.4. The van der Waals surface area contributed by atoms with Crippen LogP contribution in [0.5, 0.6) is 0 Å². The number of rotatable bonds is 7. The number of halogens is 1. The second kappa shape index (κ2) is 7.16. The molecule has 1 aromatic heterocycles. The van der Waals surface area contributed by atoms with E-state index in [1.807, 2.05) is 0 Å². The largest absolute Gasteiger partial charge is 0.370 e. The summed E-state index contributed by atoms with van der Waals surface area (Å²) in [5.41, 5.74) is -0.0420. The van der Waals surface area contributed by atoms with Gasteiger partial charge in [0.1, 0.15) is 11.0 Å². The van der Waals surface area contributed by atoms with Gasteiger partial charge >= 0.3 is 0 Å². The molecular weight excluding hydrogens is 254 g/mol. The monoisotopic (exact) mass is 271 g/mol. The molecule has 1 N–H and O–H groups in total. The molecular formula is C12H18ClN3O2. The molecule has 0 aliphatic heterocycles. The molecule has 0 atom stereocenters. The molecule has 100 valence electrons. The summed E-state index contributed by atoms with van der Waals surface area (Å²) in [6.07, 6.45) is 3.33. The van der Waals surface area contributed by atoms with Crippen LogP contribution in [0.4, 0.5) is 11.5 Å². The van der Waals surface area contributed by atoms with Gasteiger partial charge in [0.25, 0.3) is 5.69 Å². The first kappa shape index (κ1) is 14.7. The number of nitrogens with one attached hydrogen (secondary N) is 1. The highest BCUT2D eigenvalue weighted by Gasteiger charge is 2.09. The van der Waals surface area contributed by atoms with Crippen LogP contribution in [0.25, 0.3) is 0 Å². The van der Waals surface area contributed by atoms with Crippen molar-refractivity contribution in [2.45, 2.75) is 33.1 Å². The fourth-order valence-corrected chi connectivity index (χ4v) is 1.78. The van der Waals surface area contributed by atoms with Gasteiger partial charge in [-0.05, 0) is 12.3 Å². The Kier molecular flexibility index (Phi) is 5.85. The summed E-state index contributed by atoms with van der Waals surface area (Å²) < 4.78 is 0. The van der Waals surface area contributed by atoms with E-state index in [0.717, 1.165) is 19.4 Å². The third-order valence-electron chi connectivity index (χ3n) is 2.50. The third kappa shape index (κ3) is 5.31. The van der Waals surface area contributed by atoms with E-state index in [0.29, 0.717) is 11.7 Å². The van der Waals surface area contributed by atoms with Crippen molar-refractivity contribution in [3.63, 3.8) is 0 Å². The minimum Gasteiger partial charge on any atom is -0.370 e. The maximum Gasteiger partial charge on any atom is 0.276 e. The van der Waals surface area contributed by atoms with Gasteiger partial charge in [-0.1, -0.05) is 38.3 Å². The van der Waals surface area contributed by atoms with Crippen LogP contribution in [0, 0.1) is 16.0 Å². The summed E-state index contributed by atoms with van der Waals surface area (Å²) in [5.74, 6) is 1.16. The average Bonchev–Trinajstić information content (AvgIpc) is 2.27. The van der Waals surface area contributed by atoms with Gasteiger partial charge in [0.2, 0.25) is 0 Å². The van der Waals surface area contributed by atoms with Gasteiger partial charge < -0.3 is 5.32 Å². The number of hydrogen-bond acceptors (Lipinski definition) is 4. The summed E-state index contributed by atoms with van der Waals surface area (Å²) in [4.78, 5) is 14.2. The molecule has 1 aromatic rings. The average molecular weight is 272 g/mol. The van der Waals surface area contributed by atoms with E-state index in [2.05, 4.69) is 24.1 Å². The van der Waals surface area contributed by atoms with Crippen LogP contribution >= 0.6 is 11.6 Å². The van der Waals surface area contributed by atoms with Crippen LogP contribution in [-0.2, 0) is 0 Å². The molecule has 1 rings (SSSR count). The van der Waals surface area contributed by atoms with E-state index in [1.165, 1.54) is 18.6 Å². The molecule has 0 amide bonds. The topological polar surface area (TPSA) is 68.1 Å². The Labute approximate surface area is 112 Å². The number of aromatic nitrogens is 1. The standard InChI is InChI=1S/C12H18ClN3O2/c1-9(2)5-3-4-6-14-12-8-10(16(17)18)7-11(13)15-12/h7-9H,3-6H2,1-2H3,(H,14,15). The highest BCUT2D eigenvalue weighted by atomic mass is 35.5. The summed E-state index contributed by atoms with van der Waals surface area (Å²) >= 11 is 5.72. The van der Waals surface area contributed by atoms with E-state index in [-0.39, 0.29) is 10.8 Å². The SMILES string of the molecule is CC(C)CCCCNc1cc([N+](=O)[O-])cc(Cl)n1. The lowest BCUT2D eigenvalue weighted by Crippen LogP contribution is -2.04. The second-order valence-electron chi connectivity index (χ2n) is 4.61. The molecule has 0 saturated heterocycles. The van der Waals surface area contributed by atoms with Gasteiger partial charge in [0.15, 0.2) is 0 Å². The van der Waals surface area contributed by atoms with Gasteiger partial charge in [-0.2, -0.15) is 0 Å². The minimum atomic E-state index is -0.475. The van der Waals surface area contributed by atoms with Crippen molar-refractivity contribution in [3.05, 3.63) is 27.4 Å². The lowest BCUT2D eigenvalue weighted by Gasteiger charge is -2.07. The number of nitro groups is 1. The van der Waals surface area contributed by atoms with E-state index in [1.54, 1.807) is 0 Å². The maximum atomic E-state index is 10.6. The third-order valence-corrected chi connectivity index (χ3v) is 2.70. The molecule has 1 heterocycles. The van der Waals surface area contributed by atoms with Gasteiger partial charge in [-0.15, -0.1) is 0 Å². The number of unbranched alkanes of at least 4 members (excludes halogenated alkanes) is 1. The molecule has 18 heavy (non-hydrogen) atoms. The maximum absolute atomic E-state index is 10.6. The lowest BCUT2D eigenvalue weighted by atomic mass is 10.1. The molecule has 0 aromatic carbocycles.